The lowest BCUT2D eigenvalue weighted by Crippen LogP contribution is -2.31. The first kappa shape index (κ1) is 14.7. The lowest BCUT2D eigenvalue weighted by atomic mass is 10.2. The highest BCUT2D eigenvalue weighted by molar-refractivity contribution is 5.52. The number of benzene rings is 1. The lowest BCUT2D eigenvalue weighted by Gasteiger charge is -2.23. The molecular weight excluding hydrogens is 261 g/mol. The summed E-state index contributed by atoms with van der Waals surface area (Å²) in [6, 6.07) is 3.89. The first-order chi connectivity index (χ1) is 9.61. The smallest absolute Gasteiger partial charge is 0.272 e. The number of hydrogen-bond donors (Lipinski definition) is 0. The lowest BCUT2D eigenvalue weighted by molar-refractivity contribution is -0.385. The van der Waals surface area contributed by atoms with Crippen LogP contribution in [0.5, 0.6) is 0 Å². The Balaban J connectivity index is 2.09. The Morgan fingerprint density at radius 2 is 2.10 bits per heavy atom. The molecule has 0 N–H and O–H groups in total. The Morgan fingerprint density at radius 3 is 2.75 bits per heavy atom. The third kappa shape index (κ3) is 3.45. The van der Waals surface area contributed by atoms with E-state index in [1.54, 1.807) is 0 Å². The zero-order chi connectivity index (χ0) is 14.5. The molecule has 1 heterocycles. The largest absolute Gasteiger partial charge is 0.368 e. The standard InChI is InChI=1S/C14H20FN3O2/c1-2-6-16-7-3-8-17(10-9-16)14-5-4-12(18(19)20)11-13(14)15/h4-5,11H,2-3,6-10H2,1H3. The van der Waals surface area contributed by atoms with Crippen molar-refractivity contribution in [2.24, 2.45) is 0 Å². The predicted octanol–water partition coefficient (Wildman–Crippen LogP) is 2.66. The average Bonchev–Trinajstić information content (AvgIpc) is 2.65. The highest BCUT2D eigenvalue weighted by atomic mass is 19.1. The molecule has 0 bridgehead atoms. The molecule has 0 unspecified atom stereocenters. The van der Waals surface area contributed by atoms with Crippen LogP contribution < -0.4 is 4.90 Å². The molecule has 6 heteroatoms. The third-order valence-corrected chi connectivity index (χ3v) is 3.61. The number of anilines is 1. The molecule has 0 amide bonds. The summed E-state index contributed by atoms with van der Waals surface area (Å²) in [6.07, 6.45) is 2.10. The molecule has 1 aromatic carbocycles. The van der Waals surface area contributed by atoms with E-state index >= 15 is 0 Å². The van der Waals surface area contributed by atoms with Crippen molar-refractivity contribution in [3.8, 4) is 0 Å². The number of nitrogens with zero attached hydrogens (tertiary/aromatic N) is 3. The van der Waals surface area contributed by atoms with Gasteiger partial charge in [-0.15, -0.1) is 0 Å². The maximum atomic E-state index is 14.0. The summed E-state index contributed by atoms with van der Waals surface area (Å²) in [5.74, 6) is -0.511. The molecule has 1 aliphatic rings. The molecule has 0 aliphatic carbocycles. The van der Waals surface area contributed by atoms with Crippen LogP contribution in [0.2, 0.25) is 0 Å². The number of halogens is 1. The van der Waals surface area contributed by atoms with Crippen molar-refractivity contribution in [1.82, 2.24) is 4.90 Å². The fourth-order valence-corrected chi connectivity index (χ4v) is 2.62. The molecule has 1 aliphatic heterocycles. The molecule has 0 atom stereocenters. The van der Waals surface area contributed by atoms with E-state index < -0.39 is 10.7 Å². The van der Waals surface area contributed by atoms with Gasteiger partial charge in [-0.2, -0.15) is 0 Å². The number of hydrogen-bond acceptors (Lipinski definition) is 4. The van der Waals surface area contributed by atoms with E-state index in [0.717, 1.165) is 51.6 Å². The molecule has 0 radical (unpaired) electrons. The van der Waals surface area contributed by atoms with Crippen LogP contribution in [0, 0.1) is 15.9 Å². The van der Waals surface area contributed by atoms with Crippen LogP contribution in [0.1, 0.15) is 19.8 Å². The predicted molar refractivity (Wildman–Crippen MR) is 76.6 cm³/mol. The van der Waals surface area contributed by atoms with Crippen molar-refractivity contribution in [3.05, 3.63) is 34.1 Å². The molecule has 0 spiro atoms. The van der Waals surface area contributed by atoms with Gasteiger partial charge in [0.15, 0.2) is 5.82 Å². The maximum Gasteiger partial charge on any atom is 0.272 e. The minimum absolute atomic E-state index is 0.200. The number of nitro groups is 1. The minimum atomic E-state index is -0.571. The van der Waals surface area contributed by atoms with E-state index in [0.29, 0.717) is 5.69 Å². The highest BCUT2D eigenvalue weighted by Gasteiger charge is 2.19. The summed E-state index contributed by atoms with van der Waals surface area (Å²) >= 11 is 0. The molecule has 1 fully saturated rings. The van der Waals surface area contributed by atoms with Gasteiger partial charge in [-0.05, 0) is 32.0 Å². The molecule has 5 nitrogen and oxygen atoms in total. The Bertz CT molecular complexity index is 481. The van der Waals surface area contributed by atoms with Gasteiger partial charge >= 0.3 is 0 Å². The Labute approximate surface area is 118 Å². The first-order valence-corrected chi connectivity index (χ1v) is 7.03. The van der Waals surface area contributed by atoms with Crippen LogP contribution in [0.25, 0.3) is 0 Å². The fourth-order valence-electron chi connectivity index (χ4n) is 2.62. The fraction of sp³-hybridized carbons (Fsp3) is 0.571. The van der Waals surface area contributed by atoms with Crippen molar-refractivity contribution >= 4 is 11.4 Å². The highest BCUT2D eigenvalue weighted by Crippen LogP contribution is 2.25. The molecule has 1 saturated heterocycles. The van der Waals surface area contributed by atoms with E-state index in [-0.39, 0.29) is 5.69 Å². The van der Waals surface area contributed by atoms with Gasteiger partial charge in [0.1, 0.15) is 0 Å². The monoisotopic (exact) mass is 281 g/mol. The van der Waals surface area contributed by atoms with Crippen LogP contribution in [0.4, 0.5) is 15.8 Å². The Kier molecular flexibility index (Phi) is 4.89. The maximum absolute atomic E-state index is 14.0. The minimum Gasteiger partial charge on any atom is -0.368 e. The second-order valence-electron chi connectivity index (χ2n) is 5.08. The normalized spacial score (nSPS) is 17.0. The van der Waals surface area contributed by atoms with Gasteiger partial charge in [0.25, 0.3) is 5.69 Å². The van der Waals surface area contributed by atoms with Crippen LogP contribution in [0.15, 0.2) is 18.2 Å². The van der Waals surface area contributed by atoms with Crippen molar-refractivity contribution in [3.63, 3.8) is 0 Å². The summed E-state index contributed by atoms with van der Waals surface area (Å²) in [4.78, 5) is 14.4. The van der Waals surface area contributed by atoms with Gasteiger partial charge in [0, 0.05) is 25.7 Å². The van der Waals surface area contributed by atoms with Crippen molar-refractivity contribution in [1.29, 1.82) is 0 Å². The van der Waals surface area contributed by atoms with Crippen LogP contribution in [0.3, 0.4) is 0 Å². The van der Waals surface area contributed by atoms with Gasteiger partial charge in [0.05, 0.1) is 16.7 Å². The van der Waals surface area contributed by atoms with Gasteiger partial charge in [-0.25, -0.2) is 4.39 Å². The second-order valence-corrected chi connectivity index (χ2v) is 5.08. The summed E-state index contributed by atoms with van der Waals surface area (Å²) in [5, 5.41) is 10.6. The zero-order valence-corrected chi connectivity index (χ0v) is 11.7. The number of non-ortho nitro benzene ring substituents is 1. The van der Waals surface area contributed by atoms with Crippen LogP contribution >= 0.6 is 0 Å². The quantitative estimate of drug-likeness (QED) is 0.629. The molecule has 20 heavy (non-hydrogen) atoms. The van der Waals surface area contributed by atoms with Crippen LogP contribution in [-0.4, -0.2) is 42.5 Å². The Hall–Kier alpha value is -1.69. The van der Waals surface area contributed by atoms with E-state index in [9.17, 15) is 14.5 Å². The average molecular weight is 281 g/mol. The molecule has 0 saturated carbocycles. The van der Waals surface area contributed by atoms with Crippen molar-refractivity contribution < 1.29 is 9.31 Å². The van der Waals surface area contributed by atoms with Gasteiger partial charge in [-0.3, -0.25) is 10.1 Å². The van der Waals surface area contributed by atoms with E-state index in [1.165, 1.54) is 12.1 Å². The summed E-state index contributed by atoms with van der Waals surface area (Å²) in [5.41, 5.74) is 0.266. The van der Waals surface area contributed by atoms with Crippen molar-refractivity contribution in [2.75, 3.05) is 37.6 Å². The Morgan fingerprint density at radius 1 is 1.30 bits per heavy atom. The van der Waals surface area contributed by atoms with E-state index in [2.05, 4.69) is 11.8 Å². The van der Waals surface area contributed by atoms with Crippen LogP contribution in [-0.2, 0) is 0 Å². The number of nitro benzene ring substituents is 1. The summed E-state index contributed by atoms with van der Waals surface area (Å²) < 4.78 is 14.0. The van der Waals surface area contributed by atoms with Gasteiger partial charge in [0.2, 0.25) is 0 Å². The van der Waals surface area contributed by atoms with Crippen molar-refractivity contribution in [2.45, 2.75) is 19.8 Å². The van der Waals surface area contributed by atoms with E-state index in [4.69, 9.17) is 0 Å². The molecule has 110 valence electrons. The van der Waals surface area contributed by atoms with Gasteiger partial charge < -0.3 is 9.80 Å². The first-order valence-electron chi connectivity index (χ1n) is 7.03. The SMILES string of the molecule is CCCN1CCCN(c2ccc([N+](=O)[O-])cc2F)CC1. The van der Waals surface area contributed by atoms with Gasteiger partial charge in [-0.1, -0.05) is 6.92 Å². The topological polar surface area (TPSA) is 49.6 Å². The third-order valence-electron chi connectivity index (χ3n) is 3.61. The summed E-state index contributed by atoms with van der Waals surface area (Å²) in [7, 11) is 0. The molecule has 0 aromatic heterocycles. The number of rotatable bonds is 4. The molecule has 2 rings (SSSR count). The van der Waals surface area contributed by atoms with E-state index in [1.807, 2.05) is 4.90 Å². The zero-order valence-electron chi connectivity index (χ0n) is 11.7. The summed E-state index contributed by atoms with van der Waals surface area (Å²) in [6.45, 7) is 6.70. The molecular formula is C14H20FN3O2. The second kappa shape index (κ2) is 6.65. The molecule has 1 aromatic rings.